The number of benzene rings is 4. The number of furan rings is 1. The van der Waals surface area contributed by atoms with Crippen LogP contribution in [0.4, 0.5) is 0 Å². The number of para-hydroxylation sites is 1. The highest BCUT2D eigenvalue weighted by Crippen LogP contribution is 2.40. The number of rotatable bonds is 2. The molecule has 0 saturated carbocycles. The molecule has 0 atom stereocenters. The monoisotopic (exact) mass is 385 g/mol. The highest BCUT2D eigenvalue weighted by Gasteiger charge is 2.18. The largest absolute Gasteiger partial charge is 0.455 e. The van der Waals surface area contributed by atoms with Crippen LogP contribution in [0.5, 0.6) is 0 Å². The molecule has 0 saturated heterocycles. The zero-order valence-electron chi connectivity index (χ0n) is 15.2. The van der Waals surface area contributed by atoms with Gasteiger partial charge in [-0.2, -0.15) is 0 Å². The molecule has 0 bridgehead atoms. The molecule has 1 heterocycles. The molecule has 0 unspecified atom stereocenters. The lowest BCUT2D eigenvalue weighted by Crippen LogP contribution is -2.24. The highest BCUT2D eigenvalue weighted by atomic mass is 35.5. The Hall–Kier alpha value is -2.55. The van der Waals surface area contributed by atoms with E-state index < -0.39 is 8.80 Å². The van der Waals surface area contributed by atoms with E-state index in [-0.39, 0.29) is 0 Å². The van der Waals surface area contributed by atoms with Crippen LogP contribution in [-0.4, -0.2) is 8.80 Å². The van der Waals surface area contributed by atoms with Crippen LogP contribution in [0.15, 0.2) is 77.2 Å². The van der Waals surface area contributed by atoms with Crippen molar-refractivity contribution in [3.05, 3.63) is 77.8 Å². The van der Waals surface area contributed by atoms with Crippen molar-refractivity contribution in [2.75, 3.05) is 0 Å². The second-order valence-corrected chi connectivity index (χ2v) is 10.1. The van der Waals surface area contributed by atoms with Gasteiger partial charge in [0.25, 0.3) is 0 Å². The second-order valence-electron chi connectivity index (χ2n) is 7.14. The minimum Gasteiger partial charge on any atom is -0.455 e. The van der Waals surface area contributed by atoms with Gasteiger partial charge < -0.3 is 4.42 Å². The fourth-order valence-electron chi connectivity index (χ4n) is 3.88. The SMILES string of the molecule is C[Si](C)c1cc2ccccc2cc1-c1ccc(Cl)c2c1oc1ccccc12. The summed E-state index contributed by atoms with van der Waals surface area (Å²) in [5.74, 6) is 0. The first-order valence-electron chi connectivity index (χ1n) is 9.07. The lowest BCUT2D eigenvalue weighted by molar-refractivity contribution is 0.670. The fourth-order valence-corrected chi connectivity index (χ4v) is 5.32. The normalized spacial score (nSPS) is 11.9. The average molecular weight is 386 g/mol. The molecule has 1 aromatic heterocycles. The van der Waals surface area contributed by atoms with Crippen LogP contribution in [0.3, 0.4) is 0 Å². The number of hydrogen-bond donors (Lipinski definition) is 0. The van der Waals surface area contributed by atoms with E-state index in [2.05, 4.69) is 61.6 Å². The summed E-state index contributed by atoms with van der Waals surface area (Å²) in [5, 5.41) is 6.77. The van der Waals surface area contributed by atoms with Gasteiger partial charge in [0.1, 0.15) is 11.2 Å². The van der Waals surface area contributed by atoms with Crippen LogP contribution in [-0.2, 0) is 0 Å². The van der Waals surface area contributed by atoms with Gasteiger partial charge in [0.2, 0.25) is 0 Å². The van der Waals surface area contributed by atoms with Gasteiger partial charge in [-0.05, 0) is 40.6 Å². The van der Waals surface area contributed by atoms with Crippen molar-refractivity contribution >= 4 is 58.3 Å². The van der Waals surface area contributed by atoms with Gasteiger partial charge in [0, 0.05) is 16.3 Å². The maximum absolute atomic E-state index is 6.58. The Balaban J connectivity index is 1.91. The number of fused-ring (bicyclic) bond motifs is 4. The van der Waals surface area contributed by atoms with Crippen LogP contribution in [0.25, 0.3) is 43.8 Å². The van der Waals surface area contributed by atoms with E-state index in [1.165, 1.54) is 21.5 Å². The van der Waals surface area contributed by atoms with E-state index in [0.717, 1.165) is 32.5 Å². The van der Waals surface area contributed by atoms with E-state index in [1.807, 2.05) is 24.3 Å². The summed E-state index contributed by atoms with van der Waals surface area (Å²) in [7, 11) is -0.662. The van der Waals surface area contributed by atoms with E-state index >= 15 is 0 Å². The van der Waals surface area contributed by atoms with Crippen molar-refractivity contribution in [1.82, 2.24) is 0 Å². The smallest absolute Gasteiger partial charge is 0.144 e. The summed E-state index contributed by atoms with van der Waals surface area (Å²) in [6.07, 6.45) is 0. The maximum atomic E-state index is 6.58. The Morgan fingerprint density at radius 2 is 1.48 bits per heavy atom. The Labute approximate surface area is 164 Å². The molecule has 0 amide bonds. The third-order valence-corrected chi connectivity index (χ3v) is 7.00. The molecule has 27 heavy (non-hydrogen) atoms. The maximum Gasteiger partial charge on any atom is 0.144 e. The molecular weight excluding hydrogens is 368 g/mol. The molecule has 0 fully saturated rings. The average Bonchev–Trinajstić information content (AvgIpc) is 3.07. The first-order valence-corrected chi connectivity index (χ1v) is 11.9. The molecule has 1 radical (unpaired) electrons. The molecule has 3 heteroatoms. The van der Waals surface area contributed by atoms with Gasteiger partial charge in [0.05, 0.1) is 13.8 Å². The summed E-state index contributed by atoms with van der Waals surface area (Å²) in [6.45, 7) is 4.67. The molecule has 4 aromatic carbocycles. The van der Waals surface area contributed by atoms with Gasteiger partial charge in [-0.1, -0.05) is 78.4 Å². The Kier molecular flexibility index (Phi) is 3.85. The lowest BCUT2D eigenvalue weighted by Gasteiger charge is -2.15. The molecule has 1 nitrogen and oxygen atoms in total. The summed E-state index contributed by atoms with van der Waals surface area (Å²) in [4.78, 5) is 0. The predicted octanol–water partition coefficient (Wildman–Crippen LogP) is 7.02. The number of hydrogen-bond acceptors (Lipinski definition) is 1. The van der Waals surface area contributed by atoms with E-state index in [9.17, 15) is 0 Å². The van der Waals surface area contributed by atoms with E-state index in [1.54, 1.807) is 0 Å². The minimum atomic E-state index is -0.662. The first kappa shape index (κ1) is 16.6. The van der Waals surface area contributed by atoms with Crippen LogP contribution < -0.4 is 5.19 Å². The van der Waals surface area contributed by atoms with Gasteiger partial charge in [0.15, 0.2) is 0 Å². The molecule has 0 spiro atoms. The minimum absolute atomic E-state index is 0.662. The molecule has 5 rings (SSSR count). The number of halogens is 1. The van der Waals surface area contributed by atoms with Crippen LogP contribution in [0.1, 0.15) is 0 Å². The van der Waals surface area contributed by atoms with Crippen LogP contribution >= 0.6 is 11.6 Å². The van der Waals surface area contributed by atoms with Crippen molar-refractivity contribution in [2.45, 2.75) is 13.1 Å². The highest BCUT2D eigenvalue weighted by molar-refractivity contribution is 6.72. The van der Waals surface area contributed by atoms with Gasteiger partial charge >= 0.3 is 0 Å². The molecular formula is C24H18ClOSi. The third kappa shape index (κ3) is 2.60. The van der Waals surface area contributed by atoms with Crippen molar-refractivity contribution in [1.29, 1.82) is 0 Å². The third-order valence-electron chi connectivity index (χ3n) is 5.19. The lowest BCUT2D eigenvalue weighted by atomic mass is 9.99. The van der Waals surface area contributed by atoms with Gasteiger partial charge in [-0.3, -0.25) is 0 Å². The molecule has 0 aliphatic carbocycles. The summed E-state index contributed by atoms with van der Waals surface area (Å²) < 4.78 is 6.29. The van der Waals surface area contributed by atoms with Gasteiger partial charge in [-0.25, -0.2) is 0 Å². The Morgan fingerprint density at radius 1 is 0.778 bits per heavy atom. The van der Waals surface area contributed by atoms with Crippen molar-refractivity contribution < 1.29 is 4.42 Å². The molecule has 131 valence electrons. The molecule has 0 aliphatic heterocycles. The zero-order valence-corrected chi connectivity index (χ0v) is 17.0. The summed E-state index contributed by atoms with van der Waals surface area (Å²) in [6, 6.07) is 25.4. The molecule has 0 aliphatic rings. The molecule has 0 N–H and O–H groups in total. The Bertz CT molecular complexity index is 1320. The van der Waals surface area contributed by atoms with E-state index in [4.69, 9.17) is 16.0 Å². The quantitative estimate of drug-likeness (QED) is 0.297. The van der Waals surface area contributed by atoms with Crippen LogP contribution in [0.2, 0.25) is 18.1 Å². The Morgan fingerprint density at radius 3 is 2.26 bits per heavy atom. The molecule has 5 aromatic rings. The van der Waals surface area contributed by atoms with Crippen molar-refractivity contribution in [2.24, 2.45) is 0 Å². The standard InChI is InChI=1S/C24H18ClOSi/c1-27(2)22-14-16-8-4-3-7-15(16)13-19(22)17-11-12-20(25)23-18-9-5-6-10-21(18)26-24(17)23/h3-14H,1-2H3. The zero-order chi connectivity index (χ0) is 18.5. The van der Waals surface area contributed by atoms with Crippen molar-refractivity contribution in [3.8, 4) is 11.1 Å². The summed E-state index contributed by atoms with van der Waals surface area (Å²) in [5.41, 5.74) is 4.14. The topological polar surface area (TPSA) is 13.1 Å². The summed E-state index contributed by atoms with van der Waals surface area (Å²) >= 11 is 6.58. The van der Waals surface area contributed by atoms with Crippen LogP contribution in [0, 0.1) is 0 Å². The van der Waals surface area contributed by atoms with E-state index in [0.29, 0.717) is 0 Å². The fraction of sp³-hybridized carbons (Fsp3) is 0.0833. The predicted molar refractivity (Wildman–Crippen MR) is 119 cm³/mol. The van der Waals surface area contributed by atoms with Crippen molar-refractivity contribution in [3.63, 3.8) is 0 Å². The van der Waals surface area contributed by atoms with Gasteiger partial charge in [-0.15, -0.1) is 0 Å². The second kappa shape index (κ2) is 6.26. The first-order chi connectivity index (χ1) is 13.1.